The van der Waals surface area contributed by atoms with Crippen molar-refractivity contribution in [2.75, 3.05) is 33.2 Å². The van der Waals surface area contributed by atoms with Crippen LogP contribution in [0.1, 0.15) is 36.6 Å². The molecule has 0 amide bonds. The number of aromatic nitrogens is 1. The molecule has 1 aliphatic heterocycles. The zero-order valence-electron chi connectivity index (χ0n) is 17.2. The highest BCUT2D eigenvalue weighted by Crippen LogP contribution is 2.24. The Labute approximate surface area is 172 Å². The van der Waals surface area contributed by atoms with E-state index in [1.807, 2.05) is 13.1 Å². The number of hydrogen-bond donors (Lipinski definition) is 3. The minimum atomic E-state index is 0.247. The molecular formula is C23H31N5O. The second kappa shape index (κ2) is 9.65. The van der Waals surface area contributed by atoms with Gasteiger partial charge in [-0.25, -0.2) is 0 Å². The normalized spacial score (nSPS) is 16.4. The highest BCUT2D eigenvalue weighted by atomic mass is 16.3. The van der Waals surface area contributed by atoms with Gasteiger partial charge in [0.1, 0.15) is 5.76 Å². The number of aromatic amines is 1. The van der Waals surface area contributed by atoms with Crippen molar-refractivity contribution >= 4 is 16.9 Å². The number of H-pyrrole nitrogens is 1. The van der Waals surface area contributed by atoms with E-state index in [1.165, 1.54) is 29.3 Å². The zero-order chi connectivity index (χ0) is 19.9. The first-order valence-corrected chi connectivity index (χ1v) is 10.6. The fourth-order valence-electron chi connectivity index (χ4n) is 4.18. The molecule has 0 bridgehead atoms. The molecule has 1 atom stereocenters. The van der Waals surface area contributed by atoms with Crippen molar-refractivity contribution in [2.45, 2.75) is 31.7 Å². The predicted octanol–water partition coefficient (Wildman–Crippen LogP) is 3.70. The van der Waals surface area contributed by atoms with Gasteiger partial charge in [0.25, 0.3) is 0 Å². The molecule has 29 heavy (non-hydrogen) atoms. The number of guanidine groups is 1. The Bertz CT molecular complexity index is 908. The van der Waals surface area contributed by atoms with E-state index in [2.05, 4.69) is 62.0 Å². The van der Waals surface area contributed by atoms with Crippen molar-refractivity contribution in [3.63, 3.8) is 0 Å². The van der Waals surface area contributed by atoms with Crippen molar-refractivity contribution in [3.8, 4) is 0 Å². The molecule has 0 saturated carbocycles. The third-order valence-corrected chi connectivity index (χ3v) is 5.73. The molecule has 6 heteroatoms. The van der Waals surface area contributed by atoms with Gasteiger partial charge in [0.05, 0.1) is 12.3 Å². The predicted molar refractivity (Wildman–Crippen MR) is 118 cm³/mol. The van der Waals surface area contributed by atoms with Gasteiger partial charge in [0.2, 0.25) is 0 Å². The Morgan fingerprint density at radius 2 is 2.03 bits per heavy atom. The SMILES string of the molecule is CN=C(NCCCc1c[nH]c2ccccc12)NCC(c1ccco1)N1CCCC1. The largest absolute Gasteiger partial charge is 0.468 e. The first-order valence-electron chi connectivity index (χ1n) is 10.6. The van der Waals surface area contributed by atoms with Crippen LogP contribution < -0.4 is 10.6 Å². The number of nitrogens with zero attached hydrogens (tertiary/aromatic N) is 2. The lowest BCUT2D eigenvalue weighted by atomic mass is 10.1. The molecule has 1 aliphatic rings. The van der Waals surface area contributed by atoms with E-state index in [-0.39, 0.29) is 6.04 Å². The highest BCUT2D eigenvalue weighted by Gasteiger charge is 2.25. The number of likely N-dealkylation sites (tertiary alicyclic amines) is 1. The van der Waals surface area contributed by atoms with E-state index in [9.17, 15) is 0 Å². The van der Waals surface area contributed by atoms with E-state index < -0.39 is 0 Å². The van der Waals surface area contributed by atoms with Gasteiger partial charge in [-0.05, 0) is 62.5 Å². The van der Waals surface area contributed by atoms with E-state index in [0.29, 0.717) is 0 Å². The second-order valence-electron chi connectivity index (χ2n) is 7.62. The Hall–Kier alpha value is -2.73. The van der Waals surface area contributed by atoms with Gasteiger partial charge in [0.15, 0.2) is 5.96 Å². The number of aryl methyl sites for hydroxylation is 1. The number of benzene rings is 1. The second-order valence-corrected chi connectivity index (χ2v) is 7.62. The molecule has 6 nitrogen and oxygen atoms in total. The minimum Gasteiger partial charge on any atom is -0.468 e. The maximum atomic E-state index is 5.70. The van der Waals surface area contributed by atoms with Crippen LogP contribution in [0.2, 0.25) is 0 Å². The summed E-state index contributed by atoms with van der Waals surface area (Å²) in [5.41, 5.74) is 2.58. The molecule has 0 spiro atoms. The summed E-state index contributed by atoms with van der Waals surface area (Å²) in [6.07, 6.45) is 8.50. The summed E-state index contributed by atoms with van der Waals surface area (Å²) in [7, 11) is 1.83. The van der Waals surface area contributed by atoms with E-state index >= 15 is 0 Å². The quantitative estimate of drug-likeness (QED) is 0.310. The van der Waals surface area contributed by atoms with Crippen LogP contribution in [0.15, 0.2) is 58.3 Å². The van der Waals surface area contributed by atoms with Gasteiger partial charge < -0.3 is 20.0 Å². The van der Waals surface area contributed by atoms with Crippen molar-refractivity contribution in [1.82, 2.24) is 20.5 Å². The molecular weight excluding hydrogens is 362 g/mol. The summed E-state index contributed by atoms with van der Waals surface area (Å²) < 4.78 is 5.70. The van der Waals surface area contributed by atoms with E-state index in [1.54, 1.807) is 6.26 Å². The Kier molecular flexibility index (Phi) is 6.52. The number of nitrogens with one attached hydrogen (secondary N) is 3. The molecule has 0 aliphatic carbocycles. The molecule has 3 aromatic rings. The van der Waals surface area contributed by atoms with Crippen LogP contribution in [0.4, 0.5) is 0 Å². The van der Waals surface area contributed by atoms with Crippen LogP contribution in [0.25, 0.3) is 10.9 Å². The molecule has 1 fully saturated rings. The summed E-state index contributed by atoms with van der Waals surface area (Å²) in [4.78, 5) is 10.2. The smallest absolute Gasteiger partial charge is 0.191 e. The minimum absolute atomic E-state index is 0.247. The van der Waals surface area contributed by atoms with E-state index in [0.717, 1.165) is 50.7 Å². The molecule has 1 aromatic carbocycles. The van der Waals surface area contributed by atoms with E-state index in [4.69, 9.17) is 4.42 Å². The summed E-state index contributed by atoms with van der Waals surface area (Å²) in [5.74, 6) is 1.87. The summed E-state index contributed by atoms with van der Waals surface area (Å²) in [6.45, 7) is 3.93. The number of aliphatic imine (C=N–C) groups is 1. The topological polar surface area (TPSA) is 68.6 Å². The molecule has 1 saturated heterocycles. The summed E-state index contributed by atoms with van der Waals surface area (Å²) in [5, 5.41) is 8.26. The zero-order valence-corrected chi connectivity index (χ0v) is 17.2. The van der Waals surface area contributed by atoms with Gasteiger partial charge in [-0.3, -0.25) is 9.89 Å². The maximum Gasteiger partial charge on any atom is 0.191 e. The summed E-state index contributed by atoms with van der Waals surface area (Å²) >= 11 is 0. The Balaban J connectivity index is 1.26. The number of para-hydroxylation sites is 1. The average Bonchev–Trinajstić information content (AvgIpc) is 3.52. The van der Waals surface area contributed by atoms with Gasteiger partial charge in [-0.1, -0.05) is 18.2 Å². The summed E-state index contributed by atoms with van der Waals surface area (Å²) in [6, 6.07) is 12.8. The number of furan rings is 1. The Morgan fingerprint density at radius 1 is 1.17 bits per heavy atom. The first-order chi connectivity index (χ1) is 14.3. The molecule has 2 aromatic heterocycles. The van der Waals surface area contributed by atoms with Crippen LogP contribution in [0.5, 0.6) is 0 Å². The molecule has 0 radical (unpaired) electrons. The first kappa shape index (κ1) is 19.6. The molecule has 154 valence electrons. The van der Waals surface area contributed by atoms with Crippen LogP contribution in [0.3, 0.4) is 0 Å². The van der Waals surface area contributed by atoms with Crippen molar-refractivity contribution in [3.05, 3.63) is 60.2 Å². The average molecular weight is 394 g/mol. The van der Waals surface area contributed by atoms with Crippen LogP contribution in [0, 0.1) is 0 Å². The fraction of sp³-hybridized carbons (Fsp3) is 0.435. The van der Waals surface area contributed by atoms with Gasteiger partial charge in [-0.2, -0.15) is 0 Å². The third kappa shape index (κ3) is 4.82. The third-order valence-electron chi connectivity index (χ3n) is 5.73. The van der Waals surface area contributed by atoms with Crippen molar-refractivity contribution in [2.24, 2.45) is 4.99 Å². The monoisotopic (exact) mass is 393 g/mol. The van der Waals surface area contributed by atoms with Crippen LogP contribution >= 0.6 is 0 Å². The molecule has 1 unspecified atom stereocenters. The number of hydrogen-bond acceptors (Lipinski definition) is 3. The standard InChI is InChI=1S/C23H31N5O/c1-24-23(25-12-6-8-18-16-26-20-10-3-2-9-19(18)20)27-17-21(22-11-7-15-29-22)28-13-4-5-14-28/h2-3,7,9-11,15-16,21,26H,4-6,8,12-14,17H2,1H3,(H2,24,25,27). The number of rotatable bonds is 8. The molecule has 3 N–H and O–H groups in total. The van der Waals surface area contributed by atoms with Gasteiger partial charge in [-0.15, -0.1) is 0 Å². The van der Waals surface area contributed by atoms with Crippen LogP contribution in [-0.2, 0) is 6.42 Å². The molecule has 4 rings (SSSR count). The van der Waals surface area contributed by atoms with Crippen LogP contribution in [-0.4, -0.2) is 49.1 Å². The van der Waals surface area contributed by atoms with Gasteiger partial charge >= 0.3 is 0 Å². The lowest BCUT2D eigenvalue weighted by Crippen LogP contribution is -2.42. The van der Waals surface area contributed by atoms with Gasteiger partial charge in [0, 0.05) is 37.2 Å². The van der Waals surface area contributed by atoms with Crippen molar-refractivity contribution < 1.29 is 4.42 Å². The lowest BCUT2D eigenvalue weighted by molar-refractivity contribution is 0.215. The van der Waals surface area contributed by atoms with Crippen molar-refractivity contribution in [1.29, 1.82) is 0 Å². The fourth-order valence-corrected chi connectivity index (χ4v) is 4.18. The highest BCUT2D eigenvalue weighted by molar-refractivity contribution is 5.83. The number of fused-ring (bicyclic) bond motifs is 1. The lowest BCUT2D eigenvalue weighted by Gasteiger charge is -2.26. The Morgan fingerprint density at radius 3 is 2.83 bits per heavy atom. The maximum absolute atomic E-state index is 5.70. The molecule has 3 heterocycles.